The Balaban J connectivity index is 3.36. The largest absolute Gasteiger partial charge is 0.416 e. The number of benzene rings is 1. The first-order chi connectivity index (χ1) is 6.86. The second-order valence-corrected chi connectivity index (χ2v) is 4.25. The summed E-state index contributed by atoms with van der Waals surface area (Å²) < 4.78 is 38.5. The highest BCUT2D eigenvalue weighted by Crippen LogP contribution is 2.34. The number of aryl methyl sites for hydroxylation is 1. The van der Waals surface area contributed by atoms with Crippen molar-refractivity contribution in [1.29, 1.82) is 5.26 Å². The van der Waals surface area contributed by atoms with Crippen molar-refractivity contribution >= 4 is 22.6 Å². The van der Waals surface area contributed by atoms with Crippen LogP contribution in [0.2, 0.25) is 0 Å². The van der Waals surface area contributed by atoms with Gasteiger partial charge in [0.05, 0.1) is 18.1 Å². The molecule has 0 radical (unpaired) electrons. The monoisotopic (exact) mass is 325 g/mol. The molecule has 0 aliphatic carbocycles. The van der Waals surface area contributed by atoms with Gasteiger partial charge in [-0.25, -0.2) is 0 Å². The summed E-state index contributed by atoms with van der Waals surface area (Å²) in [6.45, 7) is 1.62. The SMILES string of the molecule is Cc1cc(C(F)(F)F)c(CC#N)cc1I. The summed E-state index contributed by atoms with van der Waals surface area (Å²) in [7, 11) is 0. The Bertz CT molecular complexity index is 418. The van der Waals surface area contributed by atoms with Crippen molar-refractivity contribution in [1.82, 2.24) is 0 Å². The molecule has 0 fully saturated rings. The van der Waals surface area contributed by atoms with Gasteiger partial charge in [-0.3, -0.25) is 0 Å². The smallest absolute Gasteiger partial charge is 0.198 e. The number of alkyl halides is 3. The van der Waals surface area contributed by atoms with Gasteiger partial charge in [0.15, 0.2) is 0 Å². The molecule has 0 heterocycles. The molecular formula is C10H7F3IN. The van der Waals surface area contributed by atoms with E-state index in [9.17, 15) is 13.2 Å². The third kappa shape index (κ3) is 2.84. The third-order valence-electron chi connectivity index (χ3n) is 1.96. The molecule has 1 aromatic rings. The Labute approximate surface area is 99.0 Å². The van der Waals surface area contributed by atoms with Crippen LogP contribution in [-0.4, -0.2) is 0 Å². The Morgan fingerprint density at radius 2 is 2.00 bits per heavy atom. The molecule has 0 atom stereocenters. The number of rotatable bonds is 1. The van der Waals surface area contributed by atoms with Gasteiger partial charge in [0.1, 0.15) is 0 Å². The molecular weight excluding hydrogens is 318 g/mol. The lowest BCUT2D eigenvalue weighted by Gasteiger charge is -2.12. The van der Waals surface area contributed by atoms with E-state index in [0.29, 0.717) is 5.56 Å². The molecule has 0 unspecified atom stereocenters. The second-order valence-electron chi connectivity index (χ2n) is 3.09. The number of hydrogen-bond donors (Lipinski definition) is 0. The summed E-state index contributed by atoms with van der Waals surface area (Å²) in [4.78, 5) is 0. The molecule has 80 valence electrons. The van der Waals surface area contributed by atoms with Crippen molar-refractivity contribution in [3.05, 3.63) is 32.4 Å². The lowest BCUT2D eigenvalue weighted by Crippen LogP contribution is -2.10. The Morgan fingerprint density at radius 3 is 2.47 bits per heavy atom. The van der Waals surface area contributed by atoms with Gasteiger partial charge in [0.25, 0.3) is 0 Å². The molecule has 0 saturated heterocycles. The number of hydrogen-bond acceptors (Lipinski definition) is 1. The number of nitrogens with zero attached hydrogens (tertiary/aromatic N) is 1. The zero-order chi connectivity index (χ0) is 11.6. The minimum absolute atomic E-state index is 0.0417. The van der Waals surface area contributed by atoms with E-state index in [-0.39, 0.29) is 12.0 Å². The summed E-state index contributed by atoms with van der Waals surface area (Å²) in [5.41, 5.74) is -0.0911. The van der Waals surface area contributed by atoms with Gasteiger partial charge in [-0.1, -0.05) is 0 Å². The van der Waals surface area contributed by atoms with Crippen LogP contribution in [0.4, 0.5) is 13.2 Å². The van der Waals surface area contributed by atoms with E-state index in [1.807, 2.05) is 22.6 Å². The van der Waals surface area contributed by atoms with Gasteiger partial charge in [-0.05, 0) is 52.8 Å². The molecule has 0 bridgehead atoms. The van der Waals surface area contributed by atoms with Crippen LogP contribution in [0.15, 0.2) is 12.1 Å². The lowest BCUT2D eigenvalue weighted by atomic mass is 10.0. The minimum atomic E-state index is -4.39. The van der Waals surface area contributed by atoms with Gasteiger partial charge in [-0.2, -0.15) is 18.4 Å². The summed E-state index contributed by atoms with van der Waals surface area (Å²) in [5.74, 6) is 0. The van der Waals surface area contributed by atoms with Crippen molar-refractivity contribution in [2.75, 3.05) is 0 Å². The maximum atomic E-state index is 12.6. The third-order valence-corrected chi connectivity index (χ3v) is 3.12. The van der Waals surface area contributed by atoms with Crippen LogP contribution >= 0.6 is 22.6 Å². The topological polar surface area (TPSA) is 23.8 Å². The van der Waals surface area contributed by atoms with Crippen molar-refractivity contribution in [3.63, 3.8) is 0 Å². The number of halogens is 4. The first-order valence-electron chi connectivity index (χ1n) is 4.09. The Morgan fingerprint density at radius 1 is 1.40 bits per heavy atom. The first-order valence-corrected chi connectivity index (χ1v) is 5.17. The van der Waals surface area contributed by atoms with Crippen molar-refractivity contribution in [2.24, 2.45) is 0 Å². The summed E-state index contributed by atoms with van der Waals surface area (Å²) in [6, 6.07) is 4.25. The van der Waals surface area contributed by atoms with Crippen LogP contribution < -0.4 is 0 Å². The van der Waals surface area contributed by atoms with E-state index in [1.54, 1.807) is 13.0 Å². The molecule has 0 aromatic heterocycles. The van der Waals surface area contributed by atoms with E-state index in [4.69, 9.17) is 5.26 Å². The summed E-state index contributed by atoms with van der Waals surface area (Å²) in [6.07, 6.45) is -4.60. The van der Waals surface area contributed by atoms with Gasteiger partial charge in [0, 0.05) is 3.57 Å². The fourth-order valence-electron chi connectivity index (χ4n) is 1.22. The van der Waals surface area contributed by atoms with Gasteiger partial charge in [0.2, 0.25) is 0 Å². The zero-order valence-electron chi connectivity index (χ0n) is 7.82. The Kier molecular flexibility index (Phi) is 3.60. The summed E-state index contributed by atoms with van der Waals surface area (Å²) >= 11 is 1.96. The van der Waals surface area contributed by atoms with Crippen LogP contribution in [-0.2, 0) is 12.6 Å². The van der Waals surface area contributed by atoms with Crippen LogP contribution in [0, 0.1) is 21.8 Å². The molecule has 0 amide bonds. The maximum absolute atomic E-state index is 12.6. The zero-order valence-corrected chi connectivity index (χ0v) is 9.98. The quantitative estimate of drug-likeness (QED) is 0.723. The van der Waals surface area contributed by atoms with Crippen LogP contribution in [0.5, 0.6) is 0 Å². The van der Waals surface area contributed by atoms with Crippen LogP contribution in [0.3, 0.4) is 0 Å². The molecule has 1 nitrogen and oxygen atoms in total. The molecule has 15 heavy (non-hydrogen) atoms. The molecule has 1 rings (SSSR count). The predicted octanol–water partition coefficient (Wildman–Crippen LogP) is 3.68. The van der Waals surface area contributed by atoms with E-state index < -0.39 is 11.7 Å². The van der Waals surface area contributed by atoms with E-state index in [1.165, 1.54) is 6.07 Å². The second kappa shape index (κ2) is 4.39. The predicted molar refractivity (Wildman–Crippen MR) is 58.2 cm³/mol. The van der Waals surface area contributed by atoms with E-state index in [0.717, 1.165) is 9.64 Å². The molecule has 0 aliphatic heterocycles. The fraction of sp³-hybridized carbons (Fsp3) is 0.300. The highest BCUT2D eigenvalue weighted by molar-refractivity contribution is 14.1. The van der Waals surface area contributed by atoms with E-state index in [2.05, 4.69) is 0 Å². The normalized spacial score (nSPS) is 11.2. The molecule has 1 aromatic carbocycles. The van der Waals surface area contributed by atoms with Gasteiger partial charge >= 0.3 is 6.18 Å². The number of nitriles is 1. The van der Waals surface area contributed by atoms with Crippen molar-refractivity contribution in [3.8, 4) is 6.07 Å². The Hall–Kier alpha value is -0.770. The van der Waals surface area contributed by atoms with Gasteiger partial charge < -0.3 is 0 Å². The van der Waals surface area contributed by atoms with Crippen LogP contribution in [0.25, 0.3) is 0 Å². The minimum Gasteiger partial charge on any atom is -0.198 e. The molecule has 5 heteroatoms. The van der Waals surface area contributed by atoms with Crippen molar-refractivity contribution in [2.45, 2.75) is 19.5 Å². The lowest BCUT2D eigenvalue weighted by molar-refractivity contribution is -0.138. The highest BCUT2D eigenvalue weighted by Gasteiger charge is 2.33. The average molecular weight is 325 g/mol. The molecule has 0 N–H and O–H groups in total. The van der Waals surface area contributed by atoms with Gasteiger partial charge in [-0.15, -0.1) is 0 Å². The van der Waals surface area contributed by atoms with Crippen LogP contribution in [0.1, 0.15) is 16.7 Å². The van der Waals surface area contributed by atoms with Crippen molar-refractivity contribution < 1.29 is 13.2 Å². The first kappa shape index (κ1) is 12.3. The molecule has 0 aliphatic rings. The average Bonchev–Trinajstić information content (AvgIpc) is 2.09. The molecule has 0 spiro atoms. The van der Waals surface area contributed by atoms with E-state index >= 15 is 0 Å². The molecule has 0 saturated carbocycles. The highest BCUT2D eigenvalue weighted by atomic mass is 127. The fourth-order valence-corrected chi connectivity index (χ4v) is 1.75. The standard InChI is InChI=1S/C10H7F3IN/c1-6-4-8(10(11,12)13)7(2-3-15)5-9(6)14/h4-5H,2H2,1H3. The summed E-state index contributed by atoms with van der Waals surface area (Å²) in [5, 5.41) is 8.45. The maximum Gasteiger partial charge on any atom is 0.416 e.